The fourth-order valence-corrected chi connectivity index (χ4v) is 3.02. The Hall–Kier alpha value is -1.96. The summed E-state index contributed by atoms with van der Waals surface area (Å²) < 4.78 is 3.56. The number of hydrogen-bond acceptors (Lipinski definition) is 4. The van der Waals surface area contributed by atoms with Crippen LogP contribution in [0.15, 0.2) is 54.2 Å². The molecule has 0 atom stereocenters. The first-order valence-electron chi connectivity index (χ1n) is 6.55. The summed E-state index contributed by atoms with van der Waals surface area (Å²) in [5.74, 6) is -0.0138. The van der Waals surface area contributed by atoms with E-state index < -0.39 is 0 Å². The van der Waals surface area contributed by atoms with Gasteiger partial charge in [0.25, 0.3) is 0 Å². The number of carbonyl (C=O) groups excluding carboxylic acids is 1. The second-order valence-corrected chi connectivity index (χ2v) is 6.27. The molecule has 0 saturated carbocycles. The Morgan fingerprint density at radius 1 is 1.26 bits per heavy atom. The van der Waals surface area contributed by atoms with Crippen molar-refractivity contribution in [2.75, 3.05) is 11.1 Å². The van der Waals surface area contributed by atoms with Crippen LogP contribution in [-0.2, 0) is 4.79 Å². The summed E-state index contributed by atoms with van der Waals surface area (Å²) in [4.78, 5) is 12.1. The maximum atomic E-state index is 12.1. The van der Waals surface area contributed by atoms with E-state index in [-0.39, 0.29) is 11.7 Å². The van der Waals surface area contributed by atoms with Crippen LogP contribution < -0.4 is 5.32 Å². The third-order valence-corrected chi connectivity index (χ3v) is 4.36. The molecule has 0 fully saturated rings. The van der Waals surface area contributed by atoms with Crippen LogP contribution in [0, 0.1) is 0 Å². The van der Waals surface area contributed by atoms with Gasteiger partial charge in [-0.25, -0.2) is 4.68 Å². The average Bonchev–Trinajstić information content (AvgIpc) is 3.18. The van der Waals surface area contributed by atoms with Crippen molar-refractivity contribution in [3.8, 4) is 0 Å². The third kappa shape index (κ3) is 3.87. The van der Waals surface area contributed by atoms with Crippen LogP contribution in [0.4, 0.5) is 5.69 Å². The van der Waals surface area contributed by atoms with Crippen molar-refractivity contribution in [1.82, 2.24) is 19.5 Å². The van der Waals surface area contributed by atoms with Gasteiger partial charge in [-0.2, -0.15) is 0 Å². The Bertz CT molecular complexity index is 818. The van der Waals surface area contributed by atoms with Crippen LogP contribution in [0.5, 0.6) is 0 Å². The molecule has 1 N–H and O–H groups in total. The highest BCUT2D eigenvalue weighted by Crippen LogP contribution is 2.25. The van der Waals surface area contributed by atoms with Crippen LogP contribution in [0.2, 0.25) is 10.0 Å². The lowest BCUT2D eigenvalue weighted by molar-refractivity contribution is -0.113. The van der Waals surface area contributed by atoms with Gasteiger partial charge in [-0.1, -0.05) is 35.0 Å². The number of anilines is 1. The highest BCUT2D eigenvalue weighted by atomic mass is 35.5. The number of benzene rings is 1. The summed E-state index contributed by atoms with van der Waals surface area (Å²) >= 11 is 13.1. The van der Waals surface area contributed by atoms with E-state index in [1.165, 1.54) is 11.8 Å². The predicted molar refractivity (Wildman–Crippen MR) is 91.1 cm³/mol. The molecule has 118 valence electrons. The monoisotopic (exact) mass is 367 g/mol. The molecular weight excluding hydrogens is 357 g/mol. The molecule has 0 unspecified atom stereocenters. The van der Waals surface area contributed by atoms with Crippen molar-refractivity contribution in [3.63, 3.8) is 0 Å². The summed E-state index contributed by atoms with van der Waals surface area (Å²) in [7, 11) is 0. The minimum absolute atomic E-state index is 0.179. The second kappa shape index (κ2) is 7.08. The van der Waals surface area contributed by atoms with Crippen molar-refractivity contribution in [1.29, 1.82) is 0 Å². The van der Waals surface area contributed by atoms with Gasteiger partial charge in [0.1, 0.15) is 6.33 Å². The topological polar surface area (TPSA) is 64.7 Å². The molecule has 0 bridgehead atoms. The molecule has 0 radical (unpaired) electrons. The highest BCUT2D eigenvalue weighted by Gasteiger charge is 2.11. The number of aromatic nitrogens is 4. The molecule has 2 heterocycles. The number of rotatable bonds is 5. The average molecular weight is 368 g/mol. The molecular formula is C14H11Cl2N5OS. The van der Waals surface area contributed by atoms with Crippen molar-refractivity contribution in [2.45, 2.75) is 5.16 Å². The van der Waals surface area contributed by atoms with Gasteiger partial charge in [0.15, 0.2) is 0 Å². The maximum absolute atomic E-state index is 12.1. The Kier molecular flexibility index (Phi) is 4.90. The van der Waals surface area contributed by atoms with Gasteiger partial charge in [-0.3, -0.25) is 9.47 Å². The molecule has 9 heteroatoms. The Balaban J connectivity index is 1.63. The highest BCUT2D eigenvalue weighted by molar-refractivity contribution is 7.99. The minimum Gasteiger partial charge on any atom is -0.324 e. The van der Waals surface area contributed by atoms with E-state index in [2.05, 4.69) is 15.5 Å². The Morgan fingerprint density at radius 3 is 2.78 bits per heavy atom. The summed E-state index contributed by atoms with van der Waals surface area (Å²) in [6, 6.07) is 8.69. The van der Waals surface area contributed by atoms with Crippen molar-refractivity contribution in [3.05, 3.63) is 59.1 Å². The lowest BCUT2D eigenvalue weighted by Gasteiger charge is -2.08. The molecule has 3 aromatic rings. The van der Waals surface area contributed by atoms with Gasteiger partial charge in [0.2, 0.25) is 11.1 Å². The number of halogens is 2. The summed E-state index contributed by atoms with van der Waals surface area (Å²) in [6.07, 6.45) is 5.30. The first kappa shape index (κ1) is 15.9. The molecule has 0 aliphatic rings. The minimum atomic E-state index is -0.193. The lowest BCUT2D eigenvalue weighted by atomic mass is 10.3. The van der Waals surface area contributed by atoms with Crippen molar-refractivity contribution >= 4 is 46.6 Å². The zero-order chi connectivity index (χ0) is 16.2. The first-order valence-corrected chi connectivity index (χ1v) is 8.29. The summed E-state index contributed by atoms with van der Waals surface area (Å²) in [6.45, 7) is 0. The molecule has 6 nitrogen and oxygen atoms in total. The quantitative estimate of drug-likeness (QED) is 0.701. The smallest absolute Gasteiger partial charge is 0.234 e. The molecule has 0 aliphatic carbocycles. The van der Waals surface area contributed by atoms with Gasteiger partial charge in [-0.15, -0.1) is 10.2 Å². The fraction of sp³-hybridized carbons (Fsp3) is 0.0714. The molecule has 0 aliphatic heterocycles. The molecule has 1 aromatic carbocycles. The van der Waals surface area contributed by atoms with E-state index in [4.69, 9.17) is 23.2 Å². The number of carbonyl (C=O) groups is 1. The van der Waals surface area contributed by atoms with Crippen molar-refractivity contribution in [2.24, 2.45) is 0 Å². The van der Waals surface area contributed by atoms with E-state index in [0.29, 0.717) is 20.9 Å². The molecule has 0 spiro atoms. The van der Waals surface area contributed by atoms with Crippen LogP contribution in [0.3, 0.4) is 0 Å². The molecule has 3 rings (SSSR count). The van der Waals surface area contributed by atoms with Crippen molar-refractivity contribution < 1.29 is 4.79 Å². The van der Waals surface area contributed by atoms with Crippen LogP contribution >= 0.6 is 35.0 Å². The van der Waals surface area contributed by atoms with Gasteiger partial charge >= 0.3 is 0 Å². The number of hydrogen-bond donors (Lipinski definition) is 1. The van der Waals surface area contributed by atoms with Gasteiger partial charge in [-0.05, 0) is 30.3 Å². The zero-order valence-corrected chi connectivity index (χ0v) is 14.0. The van der Waals surface area contributed by atoms with E-state index in [1.807, 2.05) is 29.2 Å². The largest absolute Gasteiger partial charge is 0.324 e. The zero-order valence-electron chi connectivity index (χ0n) is 11.7. The first-order chi connectivity index (χ1) is 11.1. The number of nitrogens with zero attached hydrogens (tertiary/aromatic N) is 4. The SMILES string of the molecule is O=C(CSc1nncn1-n1cccc1)Nc1ccc(Cl)cc1Cl. The summed E-state index contributed by atoms with van der Waals surface area (Å²) in [5, 5.41) is 12.1. The maximum Gasteiger partial charge on any atom is 0.234 e. The summed E-state index contributed by atoms with van der Waals surface area (Å²) in [5.41, 5.74) is 0.522. The van der Waals surface area contributed by atoms with E-state index in [9.17, 15) is 4.79 Å². The molecule has 0 saturated heterocycles. The molecule has 2 aromatic heterocycles. The van der Waals surface area contributed by atoms with Gasteiger partial charge in [0, 0.05) is 17.4 Å². The van der Waals surface area contributed by atoms with Crippen LogP contribution in [0.25, 0.3) is 0 Å². The number of amides is 1. The van der Waals surface area contributed by atoms with Crippen LogP contribution in [0.1, 0.15) is 0 Å². The Morgan fingerprint density at radius 2 is 2.04 bits per heavy atom. The lowest BCUT2D eigenvalue weighted by Crippen LogP contribution is -2.15. The predicted octanol–water partition coefficient (Wildman–Crippen LogP) is 3.43. The van der Waals surface area contributed by atoms with Gasteiger partial charge in [0.05, 0.1) is 16.5 Å². The Labute approximate surface area is 146 Å². The second-order valence-electron chi connectivity index (χ2n) is 4.48. The number of thioether (sulfide) groups is 1. The molecule has 1 amide bonds. The fourth-order valence-electron chi connectivity index (χ4n) is 1.85. The molecule has 23 heavy (non-hydrogen) atoms. The van der Waals surface area contributed by atoms with E-state index >= 15 is 0 Å². The van der Waals surface area contributed by atoms with E-state index in [1.54, 1.807) is 29.2 Å². The van der Waals surface area contributed by atoms with Gasteiger partial charge < -0.3 is 5.32 Å². The van der Waals surface area contributed by atoms with E-state index in [0.717, 1.165) is 0 Å². The normalized spacial score (nSPS) is 10.7. The number of nitrogens with one attached hydrogen (secondary N) is 1. The van der Waals surface area contributed by atoms with Crippen LogP contribution in [-0.4, -0.2) is 31.2 Å². The third-order valence-electron chi connectivity index (χ3n) is 2.88. The standard InChI is InChI=1S/C14H11Cl2N5OS/c15-10-3-4-12(11(16)7-10)18-13(22)8-23-14-19-17-9-21(14)20-5-1-2-6-20/h1-7,9H,8H2,(H,18,22).